The molecule has 1 heterocycles. The van der Waals surface area contributed by atoms with Crippen molar-refractivity contribution in [2.45, 2.75) is 243 Å². The van der Waals surface area contributed by atoms with Gasteiger partial charge in [0.1, 0.15) is 30.5 Å². The van der Waals surface area contributed by atoms with Gasteiger partial charge >= 0.3 is 5.97 Å². The normalized spacial score (nSPS) is 19.9. The molecule has 4 N–H and O–H groups in total. The van der Waals surface area contributed by atoms with Gasteiger partial charge in [0.25, 0.3) is 0 Å². The van der Waals surface area contributed by atoms with Crippen LogP contribution in [0.3, 0.4) is 0 Å². The largest absolute Gasteiger partial charge is 0.457 e. The SMILES string of the molecule is CC/C=C\C/C=C\C/C=C\C/C=C\C/C=C\CCCCCCCC(=O)OC(COCCCCCCCCCCC/C=C\C/C=C\C/C=C\CCCCCCC)COC1OC(CO)C(O)C(O)C1O. The lowest BCUT2D eigenvalue weighted by Crippen LogP contribution is -2.59. The fraction of sp³-hybridized carbons (Fsp3) is 0.712. The predicted molar refractivity (Wildman–Crippen MR) is 283 cm³/mol. The first kappa shape index (κ1) is 63.1. The highest BCUT2D eigenvalue weighted by Crippen LogP contribution is 2.23. The molecular weight excluding hydrogens is 853 g/mol. The van der Waals surface area contributed by atoms with Gasteiger partial charge in [-0.2, -0.15) is 0 Å². The fourth-order valence-electron chi connectivity index (χ4n) is 7.76. The number of ether oxygens (including phenoxy) is 4. The molecule has 9 nitrogen and oxygen atoms in total. The van der Waals surface area contributed by atoms with E-state index < -0.39 is 43.4 Å². The van der Waals surface area contributed by atoms with E-state index in [1.807, 2.05) is 0 Å². The van der Waals surface area contributed by atoms with Crippen LogP contribution in [-0.4, -0.2) is 89.6 Å². The summed E-state index contributed by atoms with van der Waals surface area (Å²) >= 11 is 0. The summed E-state index contributed by atoms with van der Waals surface area (Å²) < 4.78 is 22.9. The molecular formula is C59H100O9. The monoisotopic (exact) mass is 953 g/mol. The maximum atomic E-state index is 12.9. The van der Waals surface area contributed by atoms with Crippen LogP contribution in [-0.2, 0) is 23.7 Å². The molecule has 0 spiro atoms. The number of hydrogen-bond donors (Lipinski definition) is 4. The average molecular weight is 953 g/mol. The minimum atomic E-state index is -1.55. The number of allylic oxidation sites excluding steroid dienone is 16. The Bertz CT molecular complexity index is 1360. The molecule has 0 radical (unpaired) electrons. The Morgan fingerprint density at radius 3 is 1.35 bits per heavy atom. The molecule has 68 heavy (non-hydrogen) atoms. The Labute approximate surface area is 415 Å². The summed E-state index contributed by atoms with van der Waals surface area (Å²) in [6.07, 6.45) is 61.5. The summed E-state index contributed by atoms with van der Waals surface area (Å²) in [6.45, 7) is 4.39. The van der Waals surface area contributed by atoms with Crippen LogP contribution in [0, 0.1) is 0 Å². The van der Waals surface area contributed by atoms with Crippen molar-refractivity contribution < 1.29 is 44.2 Å². The van der Waals surface area contributed by atoms with Gasteiger partial charge in [0.15, 0.2) is 6.29 Å². The molecule has 1 rings (SSSR count). The maximum absolute atomic E-state index is 12.9. The molecule has 0 aromatic carbocycles. The topological polar surface area (TPSA) is 135 Å². The molecule has 0 aromatic heterocycles. The van der Waals surface area contributed by atoms with Gasteiger partial charge in [0, 0.05) is 13.0 Å². The number of carbonyl (C=O) groups is 1. The number of carbonyl (C=O) groups excluding carboxylic acids is 1. The van der Waals surface area contributed by atoms with Gasteiger partial charge in [-0.25, -0.2) is 0 Å². The smallest absolute Gasteiger partial charge is 0.306 e. The zero-order valence-electron chi connectivity index (χ0n) is 43.1. The number of aliphatic hydroxyl groups excluding tert-OH is 4. The van der Waals surface area contributed by atoms with E-state index in [9.17, 15) is 25.2 Å². The van der Waals surface area contributed by atoms with E-state index >= 15 is 0 Å². The summed E-state index contributed by atoms with van der Waals surface area (Å²) in [5.41, 5.74) is 0. The Morgan fingerprint density at radius 1 is 0.485 bits per heavy atom. The Balaban J connectivity index is 2.22. The Hall–Kier alpha value is -2.89. The summed E-state index contributed by atoms with van der Waals surface area (Å²) in [6, 6.07) is 0. The molecule has 0 saturated carbocycles. The van der Waals surface area contributed by atoms with E-state index in [-0.39, 0.29) is 25.6 Å². The van der Waals surface area contributed by atoms with Gasteiger partial charge in [0.05, 0.1) is 19.8 Å². The van der Waals surface area contributed by atoms with Crippen LogP contribution in [0.1, 0.15) is 206 Å². The first-order valence-electron chi connectivity index (χ1n) is 27.3. The van der Waals surface area contributed by atoms with Crippen molar-refractivity contribution in [3.8, 4) is 0 Å². The van der Waals surface area contributed by atoms with Crippen LogP contribution >= 0.6 is 0 Å². The van der Waals surface area contributed by atoms with Crippen molar-refractivity contribution in [2.75, 3.05) is 26.4 Å². The third-order valence-electron chi connectivity index (χ3n) is 12.0. The van der Waals surface area contributed by atoms with Crippen LogP contribution in [0.4, 0.5) is 0 Å². The number of aliphatic hydroxyl groups is 4. The van der Waals surface area contributed by atoms with E-state index in [0.29, 0.717) is 6.61 Å². The lowest BCUT2D eigenvalue weighted by Gasteiger charge is -2.39. The van der Waals surface area contributed by atoms with Crippen LogP contribution in [0.2, 0.25) is 0 Å². The van der Waals surface area contributed by atoms with Crippen LogP contribution in [0.15, 0.2) is 97.2 Å². The first-order chi connectivity index (χ1) is 33.4. The van der Waals surface area contributed by atoms with E-state index in [0.717, 1.165) is 103 Å². The second-order valence-electron chi connectivity index (χ2n) is 18.3. The number of unbranched alkanes of at least 4 members (excludes halogenated alkanes) is 19. The zero-order chi connectivity index (χ0) is 49.2. The highest BCUT2D eigenvalue weighted by atomic mass is 16.7. The Kier molecular flexibility index (Phi) is 45.6. The molecule has 0 bridgehead atoms. The summed E-state index contributed by atoms with van der Waals surface area (Å²) in [5, 5.41) is 40.3. The highest BCUT2D eigenvalue weighted by Gasteiger charge is 2.44. The molecule has 1 saturated heterocycles. The van der Waals surface area contributed by atoms with E-state index in [1.54, 1.807) is 0 Å². The fourth-order valence-corrected chi connectivity index (χ4v) is 7.76. The lowest BCUT2D eigenvalue weighted by atomic mass is 9.99. The summed E-state index contributed by atoms with van der Waals surface area (Å²) in [7, 11) is 0. The van der Waals surface area contributed by atoms with Crippen LogP contribution in [0.5, 0.6) is 0 Å². The van der Waals surface area contributed by atoms with Crippen LogP contribution < -0.4 is 0 Å². The van der Waals surface area contributed by atoms with Gasteiger partial charge in [-0.1, -0.05) is 201 Å². The standard InChI is InChI=1S/C59H100O9/c1-3-5-7-9-11-13-15-17-19-21-23-25-26-27-29-31-33-35-37-39-41-43-45-47-49-65-51-53(52-66-59-58(64)57(63)56(62)54(50-60)68-59)67-55(61)48-46-44-42-40-38-36-34-32-30-28-24-22-20-18-16-14-12-10-8-6-4-2/h6,8,12,14-15,17-18,20-21,23-24,26-28,32,34,53-54,56-60,62-64H,3-5,7,9-11,13,16,19,22,25,29-31,33,35-52H2,1-2H3/b8-6-,14-12-,17-15-,20-18-,23-21-,27-26-,28-24-,34-32-. The molecule has 390 valence electrons. The van der Waals surface area contributed by atoms with E-state index in [4.69, 9.17) is 18.9 Å². The molecule has 0 aromatic rings. The van der Waals surface area contributed by atoms with Crippen molar-refractivity contribution in [3.63, 3.8) is 0 Å². The lowest BCUT2D eigenvalue weighted by molar-refractivity contribution is -0.305. The molecule has 9 heteroatoms. The molecule has 1 aliphatic rings. The number of hydrogen-bond acceptors (Lipinski definition) is 9. The Morgan fingerprint density at radius 2 is 0.897 bits per heavy atom. The second kappa shape index (κ2) is 49.1. The maximum Gasteiger partial charge on any atom is 0.306 e. The van der Waals surface area contributed by atoms with Crippen molar-refractivity contribution in [1.29, 1.82) is 0 Å². The molecule has 1 aliphatic heterocycles. The summed E-state index contributed by atoms with van der Waals surface area (Å²) in [4.78, 5) is 12.9. The number of rotatable bonds is 46. The van der Waals surface area contributed by atoms with Crippen molar-refractivity contribution >= 4 is 5.97 Å². The van der Waals surface area contributed by atoms with Crippen LogP contribution in [0.25, 0.3) is 0 Å². The van der Waals surface area contributed by atoms with Crippen molar-refractivity contribution in [3.05, 3.63) is 97.2 Å². The number of esters is 1. The minimum absolute atomic E-state index is 0.127. The van der Waals surface area contributed by atoms with Crippen molar-refractivity contribution in [1.82, 2.24) is 0 Å². The van der Waals surface area contributed by atoms with Gasteiger partial charge in [-0.05, 0) is 96.3 Å². The zero-order valence-corrected chi connectivity index (χ0v) is 43.1. The van der Waals surface area contributed by atoms with E-state index in [1.165, 1.54) is 83.5 Å². The van der Waals surface area contributed by atoms with Gasteiger partial charge < -0.3 is 39.4 Å². The molecule has 1 fully saturated rings. The van der Waals surface area contributed by atoms with Gasteiger partial charge in [0.2, 0.25) is 0 Å². The van der Waals surface area contributed by atoms with Gasteiger partial charge in [-0.15, -0.1) is 0 Å². The predicted octanol–water partition coefficient (Wildman–Crippen LogP) is 13.9. The van der Waals surface area contributed by atoms with Crippen molar-refractivity contribution in [2.24, 2.45) is 0 Å². The van der Waals surface area contributed by atoms with Gasteiger partial charge in [-0.3, -0.25) is 4.79 Å². The second-order valence-corrected chi connectivity index (χ2v) is 18.3. The minimum Gasteiger partial charge on any atom is -0.457 e. The average Bonchev–Trinajstić information content (AvgIpc) is 3.34. The third kappa shape index (κ3) is 38.9. The third-order valence-corrected chi connectivity index (χ3v) is 12.0. The molecule has 6 unspecified atom stereocenters. The molecule has 6 atom stereocenters. The highest BCUT2D eigenvalue weighted by molar-refractivity contribution is 5.69. The quantitative estimate of drug-likeness (QED) is 0.0267. The molecule has 0 aliphatic carbocycles. The first-order valence-corrected chi connectivity index (χ1v) is 27.3. The summed E-state index contributed by atoms with van der Waals surface area (Å²) in [5.74, 6) is -0.337. The van der Waals surface area contributed by atoms with E-state index in [2.05, 4.69) is 111 Å². The molecule has 0 amide bonds.